The van der Waals surface area contributed by atoms with Crippen molar-refractivity contribution in [3.8, 4) is 0 Å². The zero-order chi connectivity index (χ0) is 11.0. The van der Waals surface area contributed by atoms with Crippen LogP contribution in [0.4, 0.5) is 0 Å². The standard InChI is InChI=1S/C10H5Br2NO2.H3N/c11-7-3-1-2-5(9(7)12)6-4-8(14)13-10(6)15;/h1-4H,(H,13,14,15);1H3. The molecule has 0 atom stereocenters. The van der Waals surface area contributed by atoms with Gasteiger partial charge in [-0.2, -0.15) is 0 Å². The fourth-order valence-corrected chi connectivity index (χ4v) is 2.17. The predicted molar refractivity (Wildman–Crippen MR) is 68.0 cm³/mol. The van der Waals surface area contributed by atoms with Crippen molar-refractivity contribution in [2.24, 2.45) is 0 Å². The Hall–Kier alpha value is -0.980. The van der Waals surface area contributed by atoms with Crippen LogP contribution in [-0.4, -0.2) is 11.8 Å². The second-order valence-corrected chi connectivity index (χ2v) is 4.63. The van der Waals surface area contributed by atoms with Crippen molar-refractivity contribution in [3.05, 3.63) is 38.8 Å². The molecule has 1 heterocycles. The lowest BCUT2D eigenvalue weighted by Gasteiger charge is -2.04. The number of halogens is 2. The SMILES string of the molecule is N.O=C1C=C(c2cccc(Br)c2Br)C(=O)N1. The minimum Gasteiger partial charge on any atom is -0.344 e. The second kappa shape index (κ2) is 4.90. The van der Waals surface area contributed by atoms with E-state index in [1.807, 2.05) is 6.07 Å². The Morgan fingerprint density at radius 2 is 1.81 bits per heavy atom. The molecule has 0 saturated heterocycles. The van der Waals surface area contributed by atoms with E-state index >= 15 is 0 Å². The van der Waals surface area contributed by atoms with E-state index in [4.69, 9.17) is 0 Å². The third-order valence-corrected chi connectivity index (χ3v) is 4.05. The molecule has 2 rings (SSSR count). The average Bonchev–Trinajstić information content (AvgIpc) is 2.50. The zero-order valence-electron chi connectivity index (χ0n) is 8.09. The Kier molecular flexibility index (Phi) is 4.01. The van der Waals surface area contributed by atoms with Crippen LogP contribution in [-0.2, 0) is 9.59 Å². The van der Waals surface area contributed by atoms with Crippen LogP contribution in [0.2, 0.25) is 0 Å². The van der Waals surface area contributed by atoms with Gasteiger partial charge in [-0.25, -0.2) is 0 Å². The average molecular weight is 348 g/mol. The molecule has 2 amide bonds. The van der Waals surface area contributed by atoms with Crippen molar-refractivity contribution >= 4 is 49.2 Å². The van der Waals surface area contributed by atoms with Gasteiger partial charge < -0.3 is 6.15 Å². The fraction of sp³-hybridized carbons (Fsp3) is 0. The van der Waals surface area contributed by atoms with Gasteiger partial charge in [0.2, 0.25) is 0 Å². The lowest BCUT2D eigenvalue weighted by atomic mass is 10.1. The Balaban J connectivity index is 0.00000128. The Labute approximate surface area is 109 Å². The molecule has 0 aromatic heterocycles. The lowest BCUT2D eigenvalue weighted by molar-refractivity contribution is -0.123. The number of carbonyl (C=O) groups excluding carboxylic acids is 2. The van der Waals surface area contributed by atoms with Crippen LogP contribution < -0.4 is 11.5 Å². The highest BCUT2D eigenvalue weighted by atomic mass is 79.9. The van der Waals surface area contributed by atoms with Crippen molar-refractivity contribution in [1.29, 1.82) is 0 Å². The number of imide groups is 1. The van der Waals surface area contributed by atoms with Crippen molar-refractivity contribution in [3.63, 3.8) is 0 Å². The molecular weight excluding hydrogens is 340 g/mol. The molecule has 0 saturated carbocycles. The zero-order valence-corrected chi connectivity index (χ0v) is 11.3. The van der Waals surface area contributed by atoms with Crippen LogP contribution in [0.1, 0.15) is 5.56 Å². The maximum Gasteiger partial charge on any atom is 0.258 e. The number of nitrogens with one attached hydrogen (secondary N) is 1. The number of carbonyl (C=O) groups is 2. The highest BCUT2D eigenvalue weighted by molar-refractivity contribution is 9.13. The number of rotatable bonds is 1. The summed E-state index contributed by atoms with van der Waals surface area (Å²) in [6, 6.07) is 5.43. The van der Waals surface area contributed by atoms with Crippen LogP contribution >= 0.6 is 31.9 Å². The Bertz CT molecular complexity index is 498. The molecule has 1 aromatic carbocycles. The van der Waals surface area contributed by atoms with Gasteiger partial charge in [0.1, 0.15) is 0 Å². The smallest absolute Gasteiger partial charge is 0.258 e. The van der Waals surface area contributed by atoms with Gasteiger partial charge in [0.25, 0.3) is 11.8 Å². The topological polar surface area (TPSA) is 81.2 Å². The van der Waals surface area contributed by atoms with E-state index in [0.29, 0.717) is 11.1 Å². The van der Waals surface area contributed by atoms with E-state index in [9.17, 15) is 9.59 Å². The summed E-state index contributed by atoms with van der Waals surface area (Å²) in [5, 5.41) is 2.21. The van der Waals surface area contributed by atoms with Crippen LogP contribution in [0.3, 0.4) is 0 Å². The fourth-order valence-electron chi connectivity index (χ4n) is 1.32. The number of amides is 2. The van der Waals surface area contributed by atoms with Gasteiger partial charge in [-0.3, -0.25) is 14.9 Å². The maximum absolute atomic E-state index is 11.4. The molecule has 1 aliphatic heterocycles. The molecule has 0 radical (unpaired) electrons. The monoisotopic (exact) mass is 346 g/mol. The van der Waals surface area contributed by atoms with E-state index in [1.54, 1.807) is 12.1 Å². The number of hydrogen-bond donors (Lipinski definition) is 2. The highest BCUT2D eigenvalue weighted by Crippen LogP contribution is 2.32. The summed E-state index contributed by atoms with van der Waals surface area (Å²) in [7, 11) is 0. The number of benzene rings is 1. The van der Waals surface area contributed by atoms with Gasteiger partial charge >= 0.3 is 0 Å². The van der Waals surface area contributed by atoms with E-state index in [-0.39, 0.29) is 18.0 Å². The van der Waals surface area contributed by atoms with Crippen LogP contribution in [0, 0.1) is 0 Å². The lowest BCUT2D eigenvalue weighted by Crippen LogP contribution is -2.21. The first-order chi connectivity index (χ1) is 7.09. The molecule has 6 heteroatoms. The minimum absolute atomic E-state index is 0. The van der Waals surface area contributed by atoms with E-state index < -0.39 is 0 Å². The van der Waals surface area contributed by atoms with Crippen molar-refractivity contribution in [2.45, 2.75) is 0 Å². The molecule has 16 heavy (non-hydrogen) atoms. The Morgan fingerprint density at radius 3 is 2.38 bits per heavy atom. The van der Waals surface area contributed by atoms with E-state index in [1.165, 1.54) is 6.08 Å². The van der Waals surface area contributed by atoms with Gasteiger partial charge in [0, 0.05) is 20.6 Å². The second-order valence-electron chi connectivity index (χ2n) is 2.98. The van der Waals surface area contributed by atoms with Crippen LogP contribution in [0.15, 0.2) is 33.2 Å². The van der Waals surface area contributed by atoms with Gasteiger partial charge in [0.15, 0.2) is 0 Å². The van der Waals surface area contributed by atoms with Gasteiger partial charge in [-0.1, -0.05) is 12.1 Å². The van der Waals surface area contributed by atoms with Gasteiger partial charge in [-0.15, -0.1) is 0 Å². The summed E-state index contributed by atoms with van der Waals surface area (Å²) in [5.41, 5.74) is 1.08. The predicted octanol–water partition coefficient (Wildman–Crippen LogP) is 2.41. The van der Waals surface area contributed by atoms with Crippen LogP contribution in [0.5, 0.6) is 0 Å². The molecule has 0 spiro atoms. The molecule has 0 aliphatic carbocycles. The molecule has 0 fully saturated rings. The van der Waals surface area contributed by atoms with Crippen molar-refractivity contribution in [2.75, 3.05) is 0 Å². The summed E-state index contributed by atoms with van der Waals surface area (Å²) >= 11 is 6.70. The largest absolute Gasteiger partial charge is 0.344 e. The molecular formula is C10H8Br2N2O2. The van der Waals surface area contributed by atoms with Crippen molar-refractivity contribution in [1.82, 2.24) is 11.5 Å². The first kappa shape index (κ1) is 13.1. The van der Waals surface area contributed by atoms with Crippen LogP contribution in [0.25, 0.3) is 5.57 Å². The summed E-state index contributed by atoms with van der Waals surface area (Å²) in [4.78, 5) is 22.4. The summed E-state index contributed by atoms with van der Waals surface area (Å²) in [5.74, 6) is -0.735. The third kappa shape index (κ3) is 2.23. The summed E-state index contributed by atoms with van der Waals surface area (Å²) in [6.07, 6.45) is 1.30. The normalized spacial score (nSPS) is 14.2. The maximum atomic E-state index is 11.4. The van der Waals surface area contributed by atoms with E-state index in [0.717, 1.165) is 8.95 Å². The van der Waals surface area contributed by atoms with Crippen molar-refractivity contribution < 1.29 is 9.59 Å². The van der Waals surface area contributed by atoms with Gasteiger partial charge in [0.05, 0.1) is 5.57 Å². The molecule has 1 aromatic rings. The molecule has 0 unspecified atom stereocenters. The van der Waals surface area contributed by atoms with Gasteiger partial charge in [-0.05, 0) is 37.9 Å². The molecule has 1 aliphatic rings. The Morgan fingerprint density at radius 1 is 1.12 bits per heavy atom. The quantitative estimate of drug-likeness (QED) is 0.765. The minimum atomic E-state index is -0.373. The molecule has 0 bridgehead atoms. The molecule has 84 valence electrons. The van der Waals surface area contributed by atoms with E-state index in [2.05, 4.69) is 37.2 Å². The first-order valence-electron chi connectivity index (χ1n) is 4.11. The molecule has 4 nitrogen and oxygen atoms in total. The molecule has 4 N–H and O–H groups in total. The third-order valence-electron chi connectivity index (χ3n) is 2.00. The highest BCUT2D eigenvalue weighted by Gasteiger charge is 2.23. The number of hydrogen-bond acceptors (Lipinski definition) is 3. The first-order valence-corrected chi connectivity index (χ1v) is 5.69. The summed E-state index contributed by atoms with van der Waals surface area (Å²) < 4.78 is 1.61. The summed E-state index contributed by atoms with van der Waals surface area (Å²) in [6.45, 7) is 0.